The van der Waals surface area contributed by atoms with Gasteiger partial charge in [-0.25, -0.2) is 0 Å². The van der Waals surface area contributed by atoms with Crippen molar-refractivity contribution < 1.29 is 9.59 Å². The summed E-state index contributed by atoms with van der Waals surface area (Å²) in [7, 11) is 0. The maximum absolute atomic E-state index is 12.8. The van der Waals surface area contributed by atoms with E-state index in [2.05, 4.69) is 5.10 Å². The molecule has 0 atom stereocenters. The number of carbonyl (C=O) groups is 2. The first-order chi connectivity index (χ1) is 16.3. The molecule has 5 nitrogen and oxygen atoms in total. The van der Waals surface area contributed by atoms with E-state index in [0.717, 1.165) is 33.6 Å². The summed E-state index contributed by atoms with van der Waals surface area (Å²) >= 11 is 6.31. The molecule has 1 fully saturated rings. The van der Waals surface area contributed by atoms with Crippen LogP contribution in [0.2, 0.25) is 5.02 Å². The van der Waals surface area contributed by atoms with E-state index in [1.54, 1.807) is 6.08 Å². The second kappa shape index (κ2) is 10.4. The van der Waals surface area contributed by atoms with Crippen LogP contribution in [0, 0.1) is 26.7 Å². The van der Waals surface area contributed by atoms with Gasteiger partial charge in [-0.2, -0.15) is 5.10 Å². The fraction of sp³-hybridized carbons (Fsp3) is 0.321. The molecule has 0 N–H and O–H groups in total. The molecule has 0 spiro atoms. The molecule has 0 bridgehead atoms. The summed E-state index contributed by atoms with van der Waals surface area (Å²) in [5.74, 6) is 0.127. The number of likely N-dealkylation sites (tertiary alicyclic amines) is 1. The van der Waals surface area contributed by atoms with Gasteiger partial charge in [0.05, 0.1) is 12.2 Å². The van der Waals surface area contributed by atoms with Gasteiger partial charge in [-0.15, -0.1) is 0 Å². The van der Waals surface area contributed by atoms with E-state index >= 15 is 0 Å². The standard InChI is InChI=1S/C28H30ClN3O2/c1-19-8-10-22(11-9-19)28(34)23-14-16-31(17-15-23)27(33)13-12-25-20(2)30-32(21(25)3)18-24-6-4-5-7-26(24)29/h4-13,23H,14-18H2,1-3H3/b13-12+. The molecule has 1 amide bonds. The molecule has 3 aromatic rings. The van der Waals surface area contributed by atoms with Crippen LogP contribution in [0.3, 0.4) is 0 Å². The van der Waals surface area contributed by atoms with E-state index < -0.39 is 0 Å². The quantitative estimate of drug-likeness (QED) is 0.342. The van der Waals surface area contributed by atoms with Crippen LogP contribution in [-0.4, -0.2) is 39.5 Å². The van der Waals surface area contributed by atoms with Crippen LogP contribution in [0.25, 0.3) is 6.08 Å². The number of halogens is 1. The van der Waals surface area contributed by atoms with Gasteiger partial charge in [-0.3, -0.25) is 14.3 Å². The molecular formula is C28H30ClN3O2. The molecule has 1 aliphatic rings. The van der Waals surface area contributed by atoms with Gasteiger partial charge >= 0.3 is 0 Å². The van der Waals surface area contributed by atoms with Crippen LogP contribution < -0.4 is 0 Å². The first-order valence-corrected chi connectivity index (χ1v) is 12.1. The Morgan fingerprint density at radius 3 is 2.38 bits per heavy atom. The second-order valence-corrected chi connectivity index (χ2v) is 9.40. The molecule has 1 aliphatic heterocycles. The summed E-state index contributed by atoms with van der Waals surface area (Å²) in [5, 5.41) is 5.36. The third-order valence-electron chi connectivity index (χ3n) is 6.62. The summed E-state index contributed by atoms with van der Waals surface area (Å²) in [6.07, 6.45) is 4.87. The predicted octanol–water partition coefficient (Wildman–Crippen LogP) is 5.64. The van der Waals surface area contributed by atoms with Crippen molar-refractivity contribution in [2.45, 2.75) is 40.2 Å². The van der Waals surface area contributed by atoms with Gasteiger partial charge in [-0.1, -0.05) is 59.6 Å². The first-order valence-electron chi connectivity index (χ1n) is 11.7. The van der Waals surface area contributed by atoms with Crippen molar-refractivity contribution >= 4 is 29.4 Å². The highest BCUT2D eigenvalue weighted by Gasteiger charge is 2.27. The van der Waals surface area contributed by atoms with E-state index in [1.165, 1.54) is 0 Å². The van der Waals surface area contributed by atoms with Gasteiger partial charge in [0.1, 0.15) is 0 Å². The zero-order chi connectivity index (χ0) is 24.2. The Morgan fingerprint density at radius 2 is 1.71 bits per heavy atom. The molecule has 0 aliphatic carbocycles. The number of piperidine rings is 1. The molecule has 176 valence electrons. The number of nitrogens with zero attached hydrogens (tertiary/aromatic N) is 3. The van der Waals surface area contributed by atoms with Crippen molar-refractivity contribution in [3.63, 3.8) is 0 Å². The van der Waals surface area contributed by atoms with Crippen molar-refractivity contribution in [3.8, 4) is 0 Å². The number of hydrogen-bond donors (Lipinski definition) is 0. The van der Waals surface area contributed by atoms with Crippen molar-refractivity contribution in [2.24, 2.45) is 5.92 Å². The van der Waals surface area contributed by atoms with Crippen LogP contribution in [0.15, 0.2) is 54.6 Å². The number of Topliss-reactive ketones (excluding diaryl/α,β-unsaturated/α-hetero) is 1. The van der Waals surface area contributed by atoms with Crippen LogP contribution in [0.4, 0.5) is 0 Å². The summed E-state index contributed by atoms with van der Waals surface area (Å²) < 4.78 is 1.92. The maximum atomic E-state index is 12.8. The lowest BCUT2D eigenvalue weighted by Crippen LogP contribution is -2.39. The van der Waals surface area contributed by atoms with E-state index in [4.69, 9.17) is 11.6 Å². The number of aromatic nitrogens is 2. The Morgan fingerprint density at radius 1 is 1.03 bits per heavy atom. The number of ketones is 1. The lowest BCUT2D eigenvalue weighted by Gasteiger charge is -2.30. The largest absolute Gasteiger partial charge is 0.339 e. The zero-order valence-corrected chi connectivity index (χ0v) is 20.7. The molecule has 1 aromatic heterocycles. The Hall–Kier alpha value is -3.18. The van der Waals surface area contributed by atoms with E-state index in [0.29, 0.717) is 37.5 Å². The monoisotopic (exact) mass is 475 g/mol. The van der Waals surface area contributed by atoms with Gasteiger partial charge in [0.2, 0.25) is 5.91 Å². The van der Waals surface area contributed by atoms with E-state index in [-0.39, 0.29) is 17.6 Å². The highest BCUT2D eigenvalue weighted by atomic mass is 35.5. The number of benzene rings is 2. The number of carbonyl (C=O) groups excluding carboxylic acids is 2. The molecule has 34 heavy (non-hydrogen) atoms. The fourth-order valence-electron chi connectivity index (χ4n) is 4.47. The van der Waals surface area contributed by atoms with Crippen molar-refractivity contribution in [1.29, 1.82) is 0 Å². The number of aryl methyl sites for hydroxylation is 2. The Bertz CT molecular complexity index is 1220. The number of amides is 1. The molecule has 4 rings (SSSR count). The highest BCUT2D eigenvalue weighted by Crippen LogP contribution is 2.23. The van der Waals surface area contributed by atoms with Gasteiger partial charge < -0.3 is 4.90 Å². The van der Waals surface area contributed by atoms with Gasteiger partial charge in [-0.05, 0) is 51.3 Å². The molecule has 2 heterocycles. The van der Waals surface area contributed by atoms with Crippen LogP contribution in [0.1, 0.15) is 51.3 Å². The van der Waals surface area contributed by atoms with E-state index in [1.807, 2.05) is 85.0 Å². The zero-order valence-electron chi connectivity index (χ0n) is 19.9. The number of hydrogen-bond acceptors (Lipinski definition) is 3. The highest BCUT2D eigenvalue weighted by molar-refractivity contribution is 6.31. The average molecular weight is 476 g/mol. The average Bonchev–Trinajstić information content (AvgIpc) is 3.11. The minimum absolute atomic E-state index is 0.0248. The topological polar surface area (TPSA) is 55.2 Å². The number of rotatable bonds is 6. The summed E-state index contributed by atoms with van der Waals surface area (Å²) in [4.78, 5) is 27.5. The third-order valence-corrected chi connectivity index (χ3v) is 6.99. The molecule has 1 saturated heterocycles. The lowest BCUT2D eigenvalue weighted by atomic mass is 9.88. The van der Waals surface area contributed by atoms with Crippen molar-refractivity contribution in [2.75, 3.05) is 13.1 Å². The molecule has 6 heteroatoms. The third kappa shape index (κ3) is 5.31. The first kappa shape index (κ1) is 24.0. The Labute approximate surface area is 206 Å². The lowest BCUT2D eigenvalue weighted by molar-refractivity contribution is -0.127. The van der Waals surface area contributed by atoms with Gasteiger partial charge in [0.25, 0.3) is 0 Å². The van der Waals surface area contributed by atoms with E-state index in [9.17, 15) is 9.59 Å². The van der Waals surface area contributed by atoms with Crippen LogP contribution >= 0.6 is 11.6 Å². The minimum atomic E-state index is -0.0288. The van der Waals surface area contributed by atoms with Crippen molar-refractivity contribution in [1.82, 2.24) is 14.7 Å². The minimum Gasteiger partial charge on any atom is -0.339 e. The molecule has 0 saturated carbocycles. The smallest absolute Gasteiger partial charge is 0.246 e. The van der Waals surface area contributed by atoms with Gasteiger partial charge in [0, 0.05) is 46.9 Å². The summed E-state index contributed by atoms with van der Waals surface area (Å²) in [5.41, 5.74) is 5.72. The summed E-state index contributed by atoms with van der Waals surface area (Å²) in [6.45, 7) is 7.73. The van der Waals surface area contributed by atoms with Crippen LogP contribution in [-0.2, 0) is 11.3 Å². The van der Waals surface area contributed by atoms with Crippen LogP contribution in [0.5, 0.6) is 0 Å². The molecule has 0 radical (unpaired) electrons. The Kier molecular flexibility index (Phi) is 7.32. The van der Waals surface area contributed by atoms with Crippen molar-refractivity contribution in [3.05, 3.63) is 93.3 Å². The maximum Gasteiger partial charge on any atom is 0.246 e. The second-order valence-electron chi connectivity index (χ2n) is 9.00. The SMILES string of the molecule is Cc1ccc(C(=O)C2CCN(C(=O)/C=C/c3c(C)nn(Cc4ccccc4Cl)c3C)CC2)cc1. The normalized spacial score (nSPS) is 14.6. The van der Waals surface area contributed by atoms with Gasteiger partial charge in [0.15, 0.2) is 5.78 Å². The molecular weight excluding hydrogens is 446 g/mol. The predicted molar refractivity (Wildman–Crippen MR) is 136 cm³/mol. The molecule has 2 aromatic carbocycles. The molecule has 0 unspecified atom stereocenters. The Balaban J connectivity index is 1.37. The fourth-order valence-corrected chi connectivity index (χ4v) is 4.67. The summed E-state index contributed by atoms with van der Waals surface area (Å²) in [6, 6.07) is 15.5.